The summed E-state index contributed by atoms with van der Waals surface area (Å²) in [6, 6.07) is 11.7. The summed E-state index contributed by atoms with van der Waals surface area (Å²) in [5.41, 5.74) is 1.20. The Kier molecular flexibility index (Phi) is 5.78. The molecule has 4 heteroatoms. The Labute approximate surface area is 130 Å². The molecule has 4 nitrogen and oxygen atoms in total. The third-order valence-corrected chi connectivity index (χ3v) is 3.78. The molecule has 1 atom stereocenters. The highest BCUT2D eigenvalue weighted by atomic mass is 16.5. The molecular weight excluding hydrogens is 280 g/mol. The van der Waals surface area contributed by atoms with Crippen molar-refractivity contribution in [3.05, 3.63) is 42.0 Å². The molecule has 0 aromatic heterocycles. The Balaban J connectivity index is 2.18. The fourth-order valence-electron chi connectivity index (χ4n) is 2.56. The maximum atomic E-state index is 10.7. The van der Waals surface area contributed by atoms with Crippen molar-refractivity contribution in [2.75, 3.05) is 6.61 Å². The predicted molar refractivity (Wildman–Crippen MR) is 86.3 cm³/mol. The fraction of sp³-hybridized carbons (Fsp3) is 0.389. The molecule has 118 valence electrons. The van der Waals surface area contributed by atoms with E-state index in [1.807, 2.05) is 31.2 Å². The molecule has 0 aliphatic rings. The van der Waals surface area contributed by atoms with E-state index in [2.05, 4.69) is 6.07 Å². The number of aryl methyl sites for hydroxylation is 1. The van der Waals surface area contributed by atoms with E-state index in [4.69, 9.17) is 9.84 Å². The largest absolute Gasteiger partial charge is 0.481 e. The highest BCUT2D eigenvalue weighted by Crippen LogP contribution is 2.29. The number of aliphatic hydroxyl groups excluding tert-OH is 1. The molecule has 0 bridgehead atoms. The lowest BCUT2D eigenvalue weighted by molar-refractivity contribution is -0.139. The zero-order chi connectivity index (χ0) is 15.9. The van der Waals surface area contributed by atoms with E-state index in [0.29, 0.717) is 5.75 Å². The summed E-state index contributed by atoms with van der Waals surface area (Å²) in [6.45, 7) is 1.64. The summed E-state index contributed by atoms with van der Waals surface area (Å²) in [7, 11) is 0. The van der Waals surface area contributed by atoms with E-state index in [9.17, 15) is 9.90 Å². The molecular formula is C18H22O4. The lowest BCUT2D eigenvalue weighted by Crippen LogP contribution is -2.09. The van der Waals surface area contributed by atoms with Crippen molar-refractivity contribution in [1.82, 2.24) is 0 Å². The zero-order valence-corrected chi connectivity index (χ0v) is 12.8. The molecule has 2 N–H and O–H groups in total. The Hall–Kier alpha value is -2.07. The molecule has 0 spiro atoms. The van der Waals surface area contributed by atoms with Crippen molar-refractivity contribution in [3.63, 3.8) is 0 Å². The standard InChI is InChI=1S/C18H22O4/c1-2-14(19)8-3-6-13-7-4-10-16-15(13)9-5-11-17(16)22-12-18(20)21/h4-5,7,9-11,14,19H,2-3,6,8,12H2,1H3,(H,20,21). The molecule has 0 aliphatic carbocycles. The minimum absolute atomic E-state index is 0.232. The van der Waals surface area contributed by atoms with Crippen molar-refractivity contribution in [3.8, 4) is 5.75 Å². The smallest absolute Gasteiger partial charge is 0.341 e. The van der Waals surface area contributed by atoms with Crippen LogP contribution in [0.2, 0.25) is 0 Å². The van der Waals surface area contributed by atoms with Gasteiger partial charge in [0.15, 0.2) is 6.61 Å². The van der Waals surface area contributed by atoms with Gasteiger partial charge in [0.2, 0.25) is 0 Å². The van der Waals surface area contributed by atoms with Crippen molar-refractivity contribution in [1.29, 1.82) is 0 Å². The number of hydrogen-bond donors (Lipinski definition) is 2. The number of ether oxygens (including phenoxy) is 1. The quantitative estimate of drug-likeness (QED) is 0.784. The number of rotatable bonds is 8. The van der Waals surface area contributed by atoms with Crippen molar-refractivity contribution in [2.24, 2.45) is 0 Å². The van der Waals surface area contributed by atoms with Gasteiger partial charge in [-0.2, -0.15) is 0 Å². The minimum Gasteiger partial charge on any atom is -0.481 e. The minimum atomic E-state index is -0.985. The number of hydrogen-bond acceptors (Lipinski definition) is 3. The van der Waals surface area contributed by atoms with Crippen molar-refractivity contribution in [2.45, 2.75) is 38.7 Å². The van der Waals surface area contributed by atoms with Crippen LogP contribution in [0.1, 0.15) is 31.7 Å². The molecule has 2 aromatic carbocycles. The number of carboxylic acid groups (broad SMARTS) is 1. The SMILES string of the molecule is CCC(O)CCCc1cccc2c(OCC(=O)O)cccc12. The van der Waals surface area contributed by atoms with Gasteiger partial charge in [-0.15, -0.1) is 0 Å². The van der Waals surface area contributed by atoms with E-state index >= 15 is 0 Å². The molecule has 0 fully saturated rings. The van der Waals surface area contributed by atoms with Crippen LogP contribution in [0.4, 0.5) is 0 Å². The first-order valence-electron chi connectivity index (χ1n) is 7.65. The summed E-state index contributed by atoms with van der Waals surface area (Å²) in [5, 5.41) is 20.4. The van der Waals surface area contributed by atoms with E-state index in [1.165, 1.54) is 5.56 Å². The lowest BCUT2D eigenvalue weighted by Gasteiger charge is -2.12. The van der Waals surface area contributed by atoms with Gasteiger partial charge < -0.3 is 14.9 Å². The second-order valence-corrected chi connectivity index (χ2v) is 5.41. The van der Waals surface area contributed by atoms with Gasteiger partial charge in [-0.1, -0.05) is 37.3 Å². The van der Waals surface area contributed by atoms with Crippen LogP contribution in [0.5, 0.6) is 5.75 Å². The monoisotopic (exact) mass is 302 g/mol. The van der Waals surface area contributed by atoms with E-state index in [0.717, 1.165) is 36.5 Å². The maximum absolute atomic E-state index is 10.7. The van der Waals surface area contributed by atoms with Crippen molar-refractivity contribution < 1.29 is 19.7 Å². The Morgan fingerprint density at radius 2 is 1.91 bits per heavy atom. The third-order valence-electron chi connectivity index (χ3n) is 3.78. The number of carbonyl (C=O) groups is 1. The van der Waals surface area contributed by atoms with Gasteiger partial charge in [-0.3, -0.25) is 0 Å². The molecule has 2 aromatic rings. The van der Waals surface area contributed by atoms with E-state index in [1.54, 1.807) is 6.07 Å². The average Bonchev–Trinajstić information content (AvgIpc) is 2.52. The first kappa shape index (κ1) is 16.3. The second-order valence-electron chi connectivity index (χ2n) is 5.41. The van der Waals surface area contributed by atoms with Gasteiger partial charge >= 0.3 is 5.97 Å². The van der Waals surface area contributed by atoms with Gasteiger partial charge in [0.05, 0.1) is 6.10 Å². The molecule has 1 unspecified atom stereocenters. The Bertz CT molecular complexity index is 636. The summed E-state index contributed by atoms with van der Waals surface area (Å²) in [5.74, 6) is -0.392. The van der Waals surface area contributed by atoms with E-state index in [-0.39, 0.29) is 12.7 Å². The molecule has 0 radical (unpaired) electrons. The van der Waals surface area contributed by atoms with Crippen molar-refractivity contribution >= 4 is 16.7 Å². The van der Waals surface area contributed by atoms with Gasteiger partial charge in [0.1, 0.15) is 5.75 Å². The van der Waals surface area contributed by atoms with Crippen LogP contribution in [-0.2, 0) is 11.2 Å². The predicted octanol–water partition coefficient (Wildman–Crippen LogP) is 3.40. The normalized spacial score (nSPS) is 12.3. The number of benzene rings is 2. The van der Waals surface area contributed by atoms with Crippen LogP contribution in [0.15, 0.2) is 36.4 Å². The number of fused-ring (bicyclic) bond motifs is 1. The van der Waals surface area contributed by atoms with Crippen LogP contribution < -0.4 is 4.74 Å². The topological polar surface area (TPSA) is 66.8 Å². The fourth-order valence-corrected chi connectivity index (χ4v) is 2.56. The zero-order valence-electron chi connectivity index (χ0n) is 12.8. The highest BCUT2D eigenvalue weighted by Gasteiger charge is 2.08. The Morgan fingerprint density at radius 3 is 2.64 bits per heavy atom. The third kappa shape index (κ3) is 4.21. The second kappa shape index (κ2) is 7.80. The molecule has 0 heterocycles. The van der Waals surface area contributed by atoms with Gasteiger partial charge in [-0.25, -0.2) is 4.79 Å². The Morgan fingerprint density at radius 1 is 1.18 bits per heavy atom. The van der Waals surface area contributed by atoms with Crippen LogP contribution in [0, 0.1) is 0 Å². The molecule has 0 saturated carbocycles. The average molecular weight is 302 g/mol. The van der Waals surface area contributed by atoms with Gasteiger partial charge in [0.25, 0.3) is 0 Å². The van der Waals surface area contributed by atoms with Gasteiger partial charge in [0, 0.05) is 5.39 Å². The number of aliphatic carboxylic acids is 1. The lowest BCUT2D eigenvalue weighted by atomic mass is 9.98. The highest BCUT2D eigenvalue weighted by molar-refractivity contribution is 5.91. The number of aliphatic hydroxyl groups is 1. The molecule has 2 rings (SSSR count). The van der Waals surface area contributed by atoms with Crippen LogP contribution in [0.25, 0.3) is 10.8 Å². The molecule has 0 amide bonds. The molecule has 0 aliphatic heterocycles. The number of carboxylic acids is 1. The molecule has 22 heavy (non-hydrogen) atoms. The first-order chi connectivity index (χ1) is 10.6. The van der Waals surface area contributed by atoms with E-state index < -0.39 is 5.97 Å². The molecule has 0 saturated heterocycles. The first-order valence-corrected chi connectivity index (χ1v) is 7.65. The summed E-state index contributed by atoms with van der Waals surface area (Å²) >= 11 is 0. The van der Waals surface area contributed by atoms with Crippen LogP contribution >= 0.6 is 0 Å². The maximum Gasteiger partial charge on any atom is 0.341 e. The van der Waals surface area contributed by atoms with Gasteiger partial charge in [-0.05, 0) is 42.7 Å². The summed E-state index contributed by atoms with van der Waals surface area (Å²) in [4.78, 5) is 10.7. The summed E-state index contributed by atoms with van der Waals surface area (Å²) in [6.07, 6.45) is 3.15. The summed E-state index contributed by atoms with van der Waals surface area (Å²) < 4.78 is 5.36. The van der Waals surface area contributed by atoms with Crippen LogP contribution in [-0.4, -0.2) is 28.9 Å². The van der Waals surface area contributed by atoms with Crippen LogP contribution in [0.3, 0.4) is 0 Å².